The number of hydrogen-bond acceptors (Lipinski definition) is 4. The van der Waals surface area contributed by atoms with Crippen molar-refractivity contribution in [3.8, 4) is 5.75 Å². The molecular formula is C15H22N2O2. The largest absolute Gasteiger partial charge is 0.492 e. The van der Waals surface area contributed by atoms with Crippen molar-refractivity contribution in [3.05, 3.63) is 24.0 Å². The second-order valence-electron chi connectivity index (χ2n) is 5.06. The molecule has 19 heavy (non-hydrogen) atoms. The van der Waals surface area contributed by atoms with Crippen LogP contribution in [0.5, 0.6) is 5.75 Å². The first kappa shape index (κ1) is 14.0. The van der Waals surface area contributed by atoms with Gasteiger partial charge in [-0.15, -0.1) is 0 Å². The van der Waals surface area contributed by atoms with Crippen molar-refractivity contribution in [3.63, 3.8) is 0 Å². The second kappa shape index (κ2) is 6.15. The normalized spacial score (nSPS) is 18.0. The molecule has 2 rings (SSSR count). The van der Waals surface area contributed by atoms with Crippen LogP contribution in [-0.4, -0.2) is 30.5 Å². The van der Waals surface area contributed by atoms with Crippen molar-refractivity contribution in [2.24, 2.45) is 5.41 Å². The first-order valence-electron chi connectivity index (χ1n) is 7.05. The fourth-order valence-corrected chi connectivity index (χ4v) is 2.74. The third-order valence-corrected chi connectivity index (χ3v) is 4.01. The number of piperidine rings is 1. The SMILES string of the molecule is CCOc1cncc(C(=O)C2(CC)CCNCC2)c1. The molecule has 1 saturated heterocycles. The molecular weight excluding hydrogens is 240 g/mol. The number of hydrogen-bond donors (Lipinski definition) is 1. The summed E-state index contributed by atoms with van der Waals surface area (Å²) in [5, 5.41) is 3.32. The van der Waals surface area contributed by atoms with Crippen LogP contribution in [0.1, 0.15) is 43.5 Å². The monoisotopic (exact) mass is 262 g/mol. The number of nitrogens with one attached hydrogen (secondary N) is 1. The molecule has 0 aromatic carbocycles. The summed E-state index contributed by atoms with van der Waals surface area (Å²) in [7, 11) is 0. The van der Waals surface area contributed by atoms with Crippen LogP contribution in [0, 0.1) is 5.41 Å². The topological polar surface area (TPSA) is 51.2 Å². The van der Waals surface area contributed by atoms with E-state index < -0.39 is 0 Å². The Morgan fingerprint density at radius 1 is 1.37 bits per heavy atom. The van der Waals surface area contributed by atoms with Crippen LogP contribution in [0.4, 0.5) is 0 Å². The smallest absolute Gasteiger partial charge is 0.170 e. The number of Topliss-reactive ketones (excluding diaryl/α,β-unsaturated/α-hetero) is 1. The fourth-order valence-electron chi connectivity index (χ4n) is 2.74. The zero-order valence-corrected chi connectivity index (χ0v) is 11.7. The van der Waals surface area contributed by atoms with E-state index in [1.165, 1.54) is 0 Å². The number of ketones is 1. The van der Waals surface area contributed by atoms with E-state index >= 15 is 0 Å². The van der Waals surface area contributed by atoms with E-state index in [0.717, 1.165) is 32.4 Å². The molecule has 0 amide bonds. The maximum atomic E-state index is 12.8. The molecule has 0 spiro atoms. The summed E-state index contributed by atoms with van der Waals surface area (Å²) in [4.78, 5) is 16.9. The van der Waals surface area contributed by atoms with Crippen LogP contribution in [0.2, 0.25) is 0 Å². The van der Waals surface area contributed by atoms with Crippen molar-refractivity contribution in [1.29, 1.82) is 0 Å². The quantitative estimate of drug-likeness (QED) is 0.828. The van der Waals surface area contributed by atoms with Gasteiger partial charge in [-0.05, 0) is 45.3 Å². The summed E-state index contributed by atoms with van der Waals surface area (Å²) in [5.41, 5.74) is 0.451. The summed E-state index contributed by atoms with van der Waals surface area (Å²) in [6.07, 6.45) is 6.00. The van der Waals surface area contributed by atoms with Crippen LogP contribution >= 0.6 is 0 Å². The highest BCUT2D eigenvalue weighted by atomic mass is 16.5. The van der Waals surface area contributed by atoms with E-state index in [9.17, 15) is 4.79 Å². The Hall–Kier alpha value is -1.42. The molecule has 0 aliphatic carbocycles. The number of ether oxygens (including phenoxy) is 1. The Bertz CT molecular complexity index is 440. The third-order valence-electron chi connectivity index (χ3n) is 4.01. The minimum Gasteiger partial charge on any atom is -0.492 e. The number of rotatable bonds is 5. The molecule has 0 bridgehead atoms. The number of pyridine rings is 1. The molecule has 1 aromatic heterocycles. The van der Waals surface area contributed by atoms with Crippen LogP contribution in [0.3, 0.4) is 0 Å². The van der Waals surface area contributed by atoms with E-state index in [-0.39, 0.29) is 11.2 Å². The van der Waals surface area contributed by atoms with Crippen molar-refractivity contribution in [1.82, 2.24) is 10.3 Å². The first-order chi connectivity index (χ1) is 9.22. The summed E-state index contributed by atoms with van der Waals surface area (Å²) in [6, 6.07) is 1.82. The maximum absolute atomic E-state index is 12.8. The summed E-state index contributed by atoms with van der Waals surface area (Å²) < 4.78 is 5.42. The lowest BCUT2D eigenvalue weighted by Gasteiger charge is -2.35. The van der Waals surface area contributed by atoms with E-state index in [0.29, 0.717) is 17.9 Å². The van der Waals surface area contributed by atoms with Crippen molar-refractivity contribution in [2.45, 2.75) is 33.1 Å². The molecule has 0 unspecified atom stereocenters. The highest BCUT2D eigenvalue weighted by molar-refractivity contribution is 6.00. The lowest BCUT2D eigenvalue weighted by Crippen LogP contribution is -2.41. The van der Waals surface area contributed by atoms with E-state index in [1.807, 2.05) is 13.0 Å². The average molecular weight is 262 g/mol. The van der Waals surface area contributed by atoms with Crippen LogP contribution in [0.25, 0.3) is 0 Å². The fraction of sp³-hybridized carbons (Fsp3) is 0.600. The Kier molecular flexibility index (Phi) is 4.53. The number of carbonyl (C=O) groups is 1. The number of carbonyl (C=O) groups excluding carboxylic acids is 1. The molecule has 4 heteroatoms. The van der Waals surface area contributed by atoms with Gasteiger partial charge in [-0.1, -0.05) is 6.92 Å². The number of aromatic nitrogens is 1. The van der Waals surface area contributed by atoms with Gasteiger partial charge in [0.15, 0.2) is 5.78 Å². The molecule has 4 nitrogen and oxygen atoms in total. The van der Waals surface area contributed by atoms with Gasteiger partial charge in [-0.3, -0.25) is 9.78 Å². The van der Waals surface area contributed by atoms with Gasteiger partial charge < -0.3 is 10.1 Å². The highest BCUT2D eigenvalue weighted by Crippen LogP contribution is 2.36. The molecule has 0 atom stereocenters. The van der Waals surface area contributed by atoms with Crippen molar-refractivity contribution < 1.29 is 9.53 Å². The van der Waals surface area contributed by atoms with E-state index in [4.69, 9.17) is 4.74 Å². The first-order valence-corrected chi connectivity index (χ1v) is 7.05. The predicted molar refractivity (Wildman–Crippen MR) is 74.6 cm³/mol. The molecule has 1 fully saturated rings. The Balaban J connectivity index is 2.24. The zero-order valence-electron chi connectivity index (χ0n) is 11.7. The van der Waals surface area contributed by atoms with Gasteiger partial charge in [0, 0.05) is 17.2 Å². The standard InChI is InChI=1S/C15H22N2O2/c1-3-15(5-7-16-8-6-15)14(18)12-9-13(19-4-2)11-17-10-12/h9-11,16H,3-8H2,1-2H3. The molecule has 1 aliphatic rings. The Morgan fingerprint density at radius 2 is 2.11 bits per heavy atom. The molecule has 104 valence electrons. The van der Waals surface area contributed by atoms with E-state index in [1.54, 1.807) is 12.4 Å². The predicted octanol–water partition coefficient (Wildman–Crippen LogP) is 2.44. The van der Waals surface area contributed by atoms with Crippen molar-refractivity contribution in [2.75, 3.05) is 19.7 Å². The van der Waals surface area contributed by atoms with Gasteiger partial charge in [-0.25, -0.2) is 0 Å². The minimum absolute atomic E-state index is 0.213. The third kappa shape index (κ3) is 2.95. The maximum Gasteiger partial charge on any atom is 0.170 e. The minimum atomic E-state index is -0.224. The lowest BCUT2D eigenvalue weighted by atomic mass is 9.71. The summed E-state index contributed by atoms with van der Waals surface area (Å²) in [6.45, 7) is 6.44. The lowest BCUT2D eigenvalue weighted by molar-refractivity contribution is 0.0717. The van der Waals surface area contributed by atoms with Gasteiger partial charge in [0.25, 0.3) is 0 Å². The molecule has 1 aliphatic heterocycles. The molecule has 0 radical (unpaired) electrons. The molecule has 1 N–H and O–H groups in total. The van der Waals surface area contributed by atoms with E-state index in [2.05, 4.69) is 17.2 Å². The van der Waals surface area contributed by atoms with Gasteiger partial charge in [0.1, 0.15) is 5.75 Å². The second-order valence-corrected chi connectivity index (χ2v) is 5.06. The Morgan fingerprint density at radius 3 is 2.74 bits per heavy atom. The molecule has 0 saturated carbocycles. The van der Waals surface area contributed by atoms with Crippen molar-refractivity contribution >= 4 is 5.78 Å². The number of nitrogens with zero attached hydrogens (tertiary/aromatic N) is 1. The highest BCUT2D eigenvalue weighted by Gasteiger charge is 2.38. The van der Waals surface area contributed by atoms with Gasteiger partial charge in [-0.2, -0.15) is 0 Å². The zero-order chi connectivity index (χ0) is 13.7. The summed E-state index contributed by atoms with van der Waals surface area (Å²) >= 11 is 0. The molecule has 1 aromatic rings. The van der Waals surface area contributed by atoms with Crippen LogP contribution in [-0.2, 0) is 0 Å². The van der Waals surface area contributed by atoms with Gasteiger partial charge in [0.05, 0.1) is 12.8 Å². The molecule has 2 heterocycles. The Labute approximate surface area is 114 Å². The average Bonchev–Trinajstić information content (AvgIpc) is 2.48. The van der Waals surface area contributed by atoms with Crippen LogP contribution < -0.4 is 10.1 Å². The van der Waals surface area contributed by atoms with Crippen LogP contribution in [0.15, 0.2) is 18.5 Å². The summed E-state index contributed by atoms with van der Waals surface area (Å²) in [5.74, 6) is 0.888. The van der Waals surface area contributed by atoms with Gasteiger partial charge in [0.2, 0.25) is 0 Å². The van der Waals surface area contributed by atoms with Gasteiger partial charge >= 0.3 is 0 Å².